The Morgan fingerprint density at radius 2 is 1.95 bits per heavy atom. The Morgan fingerprint density at radius 1 is 1.25 bits per heavy atom. The summed E-state index contributed by atoms with van der Waals surface area (Å²) in [6.07, 6.45) is 3.92. The van der Waals surface area contributed by atoms with Gasteiger partial charge in [-0.1, -0.05) is 11.6 Å². The van der Waals surface area contributed by atoms with Gasteiger partial charge in [0.05, 0.1) is 12.7 Å². The number of benzene rings is 1. The molecule has 0 spiro atoms. The fourth-order valence-corrected chi connectivity index (χ4v) is 5.21. The van der Waals surface area contributed by atoms with Gasteiger partial charge in [-0.15, -0.1) is 0 Å². The lowest BCUT2D eigenvalue weighted by atomic mass is 9.94. The van der Waals surface area contributed by atoms with Gasteiger partial charge in [-0.25, -0.2) is 0 Å². The number of aliphatic hydroxyl groups is 1. The first kappa shape index (κ1) is 12.7. The number of hydrogen-bond donors (Lipinski definition) is 1. The van der Waals surface area contributed by atoms with Gasteiger partial charge in [-0.05, 0) is 74.8 Å². The van der Waals surface area contributed by atoms with Crippen molar-refractivity contribution in [3.05, 3.63) is 29.3 Å². The van der Waals surface area contributed by atoms with Gasteiger partial charge < -0.3 is 9.84 Å². The van der Waals surface area contributed by atoms with Crippen LogP contribution in [0.3, 0.4) is 0 Å². The van der Waals surface area contributed by atoms with E-state index in [1.54, 1.807) is 0 Å². The molecular weight excluding hydrogens is 248 g/mol. The summed E-state index contributed by atoms with van der Waals surface area (Å²) in [4.78, 5) is 0. The summed E-state index contributed by atoms with van der Waals surface area (Å²) in [5, 5.41) is 10.9. The molecule has 2 nitrogen and oxygen atoms in total. The minimum absolute atomic E-state index is 0.324. The molecule has 3 aliphatic carbocycles. The van der Waals surface area contributed by atoms with Gasteiger partial charge in [-0.3, -0.25) is 0 Å². The van der Waals surface area contributed by atoms with E-state index in [-0.39, 0.29) is 6.10 Å². The molecule has 0 heterocycles. The Hall–Kier alpha value is -1.02. The normalized spacial score (nSPS) is 38.6. The van der Waals surface area contributed by atoms with Gasteiger partial charge in [0.2, 0.25) is 0 Å². The molecule has 0 saturated heterocycles. The van der Waals surface area contributed by atoms with Crippen LogP contribution < -0.4 is 4.74 Å². The van der Waals surface area contributed by atoms with Crippen molar-refractivity contribution in [1.82, 2.24) is 0 Å². The molecule has 0 amide bonds. The molecule has 3 aliphatic rings. The molecule has 2 bridgehead atoms. The maximum Gasteiger partial charge on any atom is 0.125 e. The highest BCUT2D eigenvalue weighted by Gasteiger charge is 2.66. The molecule has 1 N–H and O–H groups in total. The van der Waals surface area contributed by atoms with Crippen LogP contribution in [-0.2, 0) is 0 Å². The van der Waals surface area contributed by atoms with E-state index < -0.39 is 0 Å². The Balaban J connectivity index is 1.60. The highest BCUT2D eigenvalue weighted by atomic mass is 16.5. The molecule has 1 aromatic rings. The maximum absolute atomic E-state index is 10.9. The Labute approximate surface area is 121 Å². The predicted octanol–water partition coefficient (Wildman–Crippen LogP) is 3.72. The van der Waals surface area contributed by atoms with Crippen LogP contribution in [0.5, 0.6) is 5.75 Å². The molecule has 20 heavy (non-hydrogen) atoms. The lowest BCUT2D eigenvalue weighted by Crippen LogP contribution is -2.10. The number of aryl methyl sites for hydroxylation is 1. The third-order valence-corrected chi connectivity index (χ3v) is 5.94. The van der Waals surface area contributed by atoms with Crippen LogP contribution in [0.2, 0.25) is 0 Å². The third-order valence-electron chi connectivity index (χ3n) is 5.94. The van der Waals surface area contributed by atoms with Gasteiger partial charge in [-0.2, -0.15) is 0 Å². The van der Waals surface area contributed by atoms with Crippen molar-refractivity contribution in [3.63, 3.8) is 0 Å². The lowest BCUT2D eigenvalue weighted by Gasteiger charge is -2.19. The molecule has 2 heteroatoms. The van der Waals surface area contributed by atoms with Crippen molar-refractivity contribution in [2.24, 2.45) is 29.6 Å². The second kappa shape index (κ2) is 4.49. The van der Waals surface area contributed by atoms with Crippen molar-refractivity contribution in [2.45, 2.75) is 39.2 Å². The molecular formula is C18H24O2. The topological polar surface area (TPSA) is 29.5 Å². The van der Waals surface area contributed by atoms with Crippen molar-refractivity contribution >= 4 is 0 Å². The van der Waals surface area contributed by atoms with Crippen LogP contribution in [0.4, 0.5) is 0 Å². The average Bonchev–Trinajstić information content (AvgIpc) is 2.88. The van der Waals surface area contributed by atoms with E-state index in [4.69, 9.17) is 4.74 Å². The zero-order valence-electron chi connectivity index (χ0n) is 12.4. The molecule has 5 atom stereocenters. The van der Waals surface area contributed by atoms with Crippen molar-refractivity contribution in [1.29, 1.82) is 0 Å². The number of hydrogen-bond acceptors (Lipinski definition) is 2. The average molecular weight is 272 g/mol. The van der Waals surface area contributed by atoms with E-state index in [0.29, 0.717) is 12.5 Å². The number of fused-ring (bicyclic) bond motifs is 5. The molecule has 108 valence electrons. The van der Waals surface area contributed by atoms with E-state index in [2.05, 4.69) is 19.1 Å². The Bertz CT molecular complexity index is 508. The van der Waals surface area contributed by atoms with Crippen molar-refractivity contribution in [2.75, 3.05) is 6.61 Å². The second-order valence-corrected chi connectivity index (χ2v) is 6.98. The monoisotopic (exact) mass is 272 g/mol. The minimum atomic E-state index is -0.324. The van der Waals surface area contributed by atoms with E-state index in [9.17, 15) is 5.11 Å². The summed E-state index contributed by atoms with van der Waals surface area (Å²) in [5.41, 5.74) is 2.22. The van der Waals surface area contributed by atoms with E-state index in [0.717, 1.165) is 35.0 Å². The van der Waals surface area contributed by atoms with Gasteiger partial charge >= 0.3 is 0 Å². The predicted molar refractivity (Wildman–Crippen MR) is 78.6 cm³/mol. The molecule has 5 unspecified atom stereocenters. The van der Waals surface area contributed by atoms with Gasteiger partial charge in [0.1, 0.15) is 5.75 Å². The van der Waals surface area contributed by atoms with Crippen molar-refractivity contribution < 1.29 is 9.84 Å². The van der Waals surface area contributed by atoms with Gasteiger partial charge in [0.25, 0.3) is 0 Å². The summed E-state index contributed by atoms with van der Waals surface area (Å²) in [6.45, 7) is 4.75. The zero-order valence-corrected chi connectivity index (χ0v) is 12.4. The first-order chi connectivity index (χ1) is 9.70. The standard InChI is InChI=1S/C18H24O2/c1-3-20-14-7-4-10(2)8-13(14)18(19)17-15-11-5-6-12(9-11)16(15)17/h4,7-8,11-12,15-19H,3,5-6,9H2,1-2H3. The Kier molecular flexibility index (Phi) is 2.85. The summed E-state index contributed by atoms with van der Waals surface area (Å²) in [7, 11) is 0. The van der Waals surface area contributed by atoms with Gasteiger partial charge in [0, 0.05) is 5.56 Å². The first-order valence-corrected chi connectivity index (χ1v) is 8.12. The largest absolute Gasteiger partial charge is 0.493 e. The quantitative estimate of drug-likeness (QED) is 0.905. The summed E-state index contributed by atoms with van der Waals surface area (Å²) < 4.78 is 5.72. The number of aliphatic hydroxyl groups excluding tert-OH is 1. The second-order valence-electron chi connectivity index (χ2n) is 6.98. The Morgan fingerprint density at radius 3 is 2.60 bits per heavy atom. The van der Waals surface area contributed by atoms with Crippen LogP contribution in [0.15, 0.2) is 18.2 Å². The smallest absolute Gasteiger partial charge is 0.125 e. The molecule has 0 aromatic heterocycles. The molecule has 1 aromatic carbocycles. The van der Waals surface area contributed by atoms with Gasteiger partial charge in [0.15, 0.2) is 0 Å². The van der Waals surface area contributed by atoms with Crippen LogP contribution in [0.25, 0.3) is 0 Å². The molecule has 3 saturated carbocycles. The van der Waals surface area contributed by atoms with E-state index in [1.165, 1.54) is 24.8 Å². The summed E-state index contributed by atoms with van der Waals surface area (Å²) in [5.74, 6) is 4.80. The molecule has 0 radical (unpaired) electrons. The minimum Gasteiger partial charge on any atom is -0.493 e. The van der Waals surface area contributed by atoms with Crippen molar-refractivity contribution in [3.8, 4) is 5.75 Å². The SMILES string of the molecule is CCOc1ccc(C)cc1C(O)C1C2C3CCC(C3)C21. The maximum atomic E-state index is 10.9. The molecule has 3 fully saturated rings. The fourth-order valence-electron chi connectivity index (χ4n) is 5.21. The van der Waals surface area contributed by atoms with Crippen LogP contribution in [-0.4, -0.2) is 11.7 Å². The third kappa shape index (κ3) is 1.74. The van der Waals surface area contributed by atoms with Crippen LogP contribution in [0.1, 0.15) is 43.4 Å². The first-order valence-electron chi connectivity index (χ1n) is 8.12. The van der Waals surface area contributed by atoms with Crippen LogP contribution in [0, 0.1) is 36.5 Å². The number of ether oxygens (including phenoxy) is 1. The highest BCUT2D eigenvalue weighted by Crippen LogP contribution is 2.72. The molecule has 0 aliphatic heterocycles. The fraction of sp³-hybridized carbons (Fsp3) is 0.667. The highest BCUT2D eigenvalue weighted by molar-refractivity contribution is 5.40. The number of rotatable bonds is 4. The summed E-state index contributed by atoms with van der Waals surface area (Å²) in [6, 6.07) is 6.20. The lowest BCUT2D eigenvalue weighted by molar-refractivity contribution is 0.125. The van der Waals surface area contributed by atoms with Crippen LogP contribution >= 0.6 is 0 Å². The zero-order chi connectivity index (χ0) is 13.9. The van der Waals surface area contributed by atoms with E-state index in [1.807, 2.05) is 13.0 Å². The summed E-state index contributed by atoms with van der Waals surface area (Å²) >= 11 is 0. The molecule has 4 rings (SSSR count). The van der Waals surface area contributed by atoms with E-state index >= 15 is 0 Å².